The Labute approximate surface area is 117 Å². The number of pyridine rings is 1. The molecule has 1 fully saturated rings. The van der Waals surface area contributed by atoms with E-state index in [-0.39, 0.29) is 19.3 Å². The molecule has 1 unspecified atom stereocenters. The van der Waals surface area contributed by atoms with Crippen LogP contribution in [-0.4, -0.2) is 47.6 Å². The van der Waals surface area contributed by atoms with Crippen LogP contribution in [0.1, 0.15) is 5.69 Å². The van der Waals surface area contributed by atoms with Crippen molar-refractivity contribution in [2.45, 2.75) is 12.7 Å². The monoisotopic (exact) mass is 274 g/mol. The van der Waals surface area contributed by atoms with Crippen molar-refractivity contribution in [2.24, 2.45) is 0 Å². The van der Waals surface area contributed by atoms with E-state index in [1.54, 1.807) is 0 Å². The lowest BCUT2D eigenvalue weighted by Crippen LogP contribution is -2.44. The standard InChI is InChI=1S/C15H18N2O3/c18-9-12-7-11-3-1-2-4-14(11)15(16-12)17-5-6-20-13(8-17)10-19/h1-4,7,13,18-19H,5-6,8-10H2. The molecule has 0 aliphatic carbocycles. The van der Waals surface area contributed by atoms with Crippen molar-refractivity contribution < 1.29 is 14.9 Å². The van der Waals surface area contributed by atoms with E-state index < -0.39 is 0 Å². The van der Waals surface area contributed by atoms with Crippen LogP contribution in [0.5, 0.6) is 0 Å². The van der Waals surface area contributed by atoms with Crippen LogP contribution in [0.3, 0.4) is 0 Å². The molecule has 20 heavy (non-hydrogen) atoms. The van der Waals surface area contributed by atoms with Crippen molar-refractivity contribution in [1.82, 2.24) is 4.98 Å². The molecule has 1 aromatic heterocycles. The Morgan fingerprint density at radius 3 is 2.95 bits per heavy atom. The van der Waals surface area contributed by atoms with Gasteiger partial charge in [0.1, 0.15) is 5.82 Å². The van der Waals surface area contributed by atoms with E-state index in [4.69, 9.17) is 4.74 Å². The Bertz CT molecular complexity index is 603. The van der Waals surface area contributed by atoms with Gasteiger partial charge in [-0.1, -0.05) is 24.3 Å². The molecule has 0 bridgehead atoms. The maximum atomic E-state index is 9.37. The van der Waals surface area contributed by atoms with E-state index >= 15 is 0 Å². The number of aliphatic hydroxyl groups is 2. The second-order valence-corrected chi connectivity index (χ2v) is 4.94. The fourth-order valence-corrected chi connectivity index (χ4v) is 2.58. The van der Waals surface area contributed by atoms with Gasteiger partial charge in [0.05, 0.1) is 31.6 Å². The Balaban J connectivity index is 2.04. The van der Waals surface area contributed by atoms with Crippen LogP contribution in [0, 0.1) is 0 Å². The normalized spacial score (nSPS) is 19.5. The van der Waals surface area contributed by atoms with Crippen molar-refractivity contribution >= 4 is 16.6 Å². The highest BCUT2D eigenvalue weighted by molar-refractivity contribution is 5.92. The van der Waals surface area contributed by atoms with Gasteiger partial charge in [-0.05, 0) is 11.5 Å². The molecule has 0 radical (unpaired) electrons. The lowest BCUT2D eigenvalue weighted by molar-refractivity contribution is 0.00342. The maximum Gasteiger partial charge on any atom is 0.137 e. The number of hydrogen-bond donors (Lipinski definition) is 2. The number of hydrogen-bond acceptors (Lipinski definition) is 5. The minimum Gasteiger partial charge on any atom is -0.394 e. The van der Waals surface area contributed by atoms with Crippen molar-refractivity contribution in [3.63, 3.8) is 0 Å². The van der Waals surface area contributed by atoms with Gasteiger partial charge in [0.25, 0.3) is 0 Å². The van der Waals surface area contributed by atoms with Crippen molar-refractivity contribution in [3.8, 4) is 0 Å². The Hall–Kier alpha value is -1.69. The average molecular weight is 274 g/mol. The van der Waals surface area contributed by atoms with Crippen LogP contribution in [-0.2, 0) is 11.3 Å². The zero-order valence-electron chi connectivity index (χ0n) is 11.2. The van der Waals surface area contributed by atoms with Crippen LogP contribution in [0.4, 0.5) is 5.82 Å². The lowest BCUT2D eigenvalue weighted by Gasteiger charge is -2.33. The molecule has 2 N–H and O–H groups in total. The van der Waals surface area contributed by atoms with Crippen molar-refractivity contribution in [2.75, 3.05) is 31.2 Å². The largest absolute Gasteiger partial charge is 0.394 e. The topological polar surface area (TPSA) is 65.8 Å². The number of benzene rings is 1. The number of nitrogens with zero attached hydrogens (tertiary/aromatic N) is 2. The van der Waals surface area contributed by atoms with E-state index in [1.165, 1.54) is 0 Å². The number of ether oxygens (including phenoxy) is 1. The number of aliphatic hydroxyl groups excluding tert-OH is 2. The summed E-state index contributed by atoms with van der Waals surface area (Å²) in [6.45, 7) is 1.86. The summed E-state index contributed by atoms with van der Waals surface area (Å²) in [4.78, 5) is 6.67. The van der Waals surface area contributed by atoms with Gasteiger partial charge in [-0.15, -0.1) is 0 Å². The third kappa shape index (κ3) is 2.47. The van der Waals surface area contributed by atoms with E-state index in [0.717, 1.165) is 23.1 Å². The second-order valence-electron chi connectivity index (χ2n) is 4.94. The van der Waals surface area contributed by atoms with Gasteiger partial charge in [0.15, 0.2) is 0 Å². The van der Waals surface area contributed by atoms with Crippen LogP contribution < -0.4 is 4.90 Å². The molecule has 1 saturated heterocycles. The fraction of sp³-hybridized carbons (Fsp3) is 0.400. The highest BCUT2D eigenvalue weighted by Crippen LogP contribution is 2.27. The summed E-state index contributed by atoms with van der Waals surface area (Å²) in [5, 5.41) is 20.8. The first kappa shape index (κ1) is 13.3. The van der Waals surface area contributed by atoms with Crippen LogP contribution in [0.25, 0.3) is 10.8 Å². The molecule has 1 aliphatic heterocycles. The first-order chi connectivity index (χ1) is 9.81. The van der Waals surface area contributed by atoms with E-state index in [2.05, 4.69) is 9.88 Å². The zero-order chi connectivity index (χ0) is 13.9. The summed E-state index contributed by atoms with van der Waals surface area (Å²) < 4.78 is 5.48. The van der Waals surface area contributed by atoms with Gasteiger partial charge >= 0.3 is 0 Å². The third-order valence-corrected chi connectivity index (χ3v) is 3.58. The number of anilines is 1. The minimum absolute atomic E-state index is 0.00806. The molecule has 5 heteroatoms. The van der Waals surface area contributed by atoms with E-state index in [0.29, 0.717) is 18.8 Å². The Morgan fingerprint density at radius 2 is 2.15 bits per heavy atom. The van der Waals surface area contributed by atoms with E-state index in [9.17, 15) is 10.2 Å². The first-order valence-corrected chi connectivity index (χ1v) is 6.78. The average Bonchev–Trinajstić information content (AvgIpc) is 2.53. The van der Waals surface area contributed by atoms with Gasteiger partial charge in [0, 0.05) is 18.5 Å². The smallest absolute Gasteiger partial charge is 0.137 e. The van der Waals surface area contributed by atoms with Gasteiger partial charge in [-0.25, -0.2) is 4.98 Å². The van der Waals surface area contributed by atoms with Gasteiger partial charge in [-0.2, -0.15) is 0 Å². The summed E-state index contributed by atoms with van der Waals surface area (Å²) >= 11 is 0. The number of morpholine rings is 1. The molecule has 0 spiro atoms. The van der Waals surface area contributed by atoms with Gasteiger partial charge in [-0.3, -0.25) is 0 Å². The summed E-state index contributed by atoms with van der Waals surface area (Å²) in [6.07, 6.45) is -0.179. The third-order valence-electron chi connectivity index (χ3n) is 3.58. The highest BCUT2D eigenvalue weighted by atomic mass is 16.5. The fourth-order valence-electron chi connectivity index (χ4n) is 2.58. The molecule has 1 atom stereocenters. The first-order valence-electron chi connectivity index (χ1n) is 6.78. The quantitative estimate of drug-likeness (QED) is 0.871. The Morgan fingerprint density at radius 1 is 1.30 bits per heavy atom. The molecule has 1 aromatic carbocycles. The van der Waals surface area contributed by atoms with Crippen LogP contribution >= 0.6 is 0 Å². The molecular weight excluding hydrogens is 256 g/mol. The van der Waals surface area contributed by atoms with Crippen molar-refractivity contribution in [1.29, 1.82) is 0 Å². The predicted molar refractivity (Wildman–Crippen MR) is 76.7 cm³/mol. The predicted octanol–water partition coefficient (Wildman–Crippen LogP) is 0.925. The number of aromatic nitrogens is 1. The maximum absolute atomic E-state index is 9.37. The second kappa shape index (κ2) is 5.75. The highest BCUT2D eigenvalue weighted by Gasteiger charge is 2.22. The van der Waals surface area contributed by atoms with Crippen LogP contribution in [0.2, 0.25) is 0 Å². The molecule has 1 aliphatic rings. The molecular formula is C15H18N2O3. The molecule has 0 amide bonds. The Kier molecular flexibility index (Phi) is 3.82. The molecule has 3 rings (SSSR count). The van der Waals surface area contributed by atoms with E-state index in [1.807, 2.05) is 30.3 Å². The molecule has 106 valence electrons. The minimum atomic E-state index is -0.179. The summed E-state index contributed by atoms with van der Waals surface area (Å²) in [7, 11) is 0. The van der Waals surface area contributed by atoms with Crippen LogP contribution in [0.15, 0.2) is 30.3 Å². The summed E-state index contributed by atoms with van der Waals surface area (Å²) in [6, 6.07) is 9.91. The molecule has 0 saturated carbocycles. The number of fused-ring (bicyclic) bond motifs is 1. The van der Waals surface area contributed by atoms with Crippen molar-refractivity contribution in [3.05, 3.63) is 36.0 Å². The molecule has 5 nitrogen and oxygen atoms in total. The molecule has 2 aromatic rings. The zero-order valence-corrected chi connectivity index (χ0v) is 11.2. The number of rotatable bonds is 3. The summed E-state index contributed by atoms with van der Waals surface area (Å²) in [5.41, 5.74) is 0.658. The lowest BCUT2D eigenvalue weighted by atomic mass is 10.1. The van der Waals surface area contributed by atoms with Gasteiger partial charge < -0.3 is 19.8 Å². The van der Waals surface area contributed by atoms with Gasteiger partial charge in [0.2, 0.25) is 0 Å². The SMILES string of the molecule is OCc1cc2ccccc2c(N2CCOC(CO)C2)n1. The summed E-state index contributed by atoms with van der Waals surface area (Å²) in [5.74, 6) is 0.855. The molecule has 2 heterocycles.